The van der Waals surface area contributed by atoms with Gasteiger partial charge < -0.3 is 29.5 Å². The van der Waals surface area contributed by atoms with E-state index in [1.165, 1.54) is 5.56 Å². The molecule has 6 atom stereocenters. The molecule has 0 aromatic heterocycles. The molecule has 4 aliphatic rings. The van der Waals surface area contributed by atoms with E-state index >= 15 is 0 Å². The number of likely N-dealkylation sites (tertiary alicyclic amines) is 2. The fourth-order valence-corrected chi connectivity index (χ4v) is 8.60. The van der Waals surface area contributed by atoms with Gasteiger partial charge in [0.25, 0.3) is 0 Å². The monoisotopic (exact) mass is 742 g/mol. The molecule has 9 nitrogen and oxygen atoms in total. The number of nitrogens with zero attached hydrogens (tertiary/aromatic N) is 3. The molecule has 2 heterocycles. The van der Waals surface area contributed by atoms with Crippen LogP contribution in [-0.2, 0) is 27.4 Å². The third kappa shape index (κ3) is 11.2. The molecule has 0 bridgehead atoms. The molecular weight excluding hydrogens is 687 g/mol. The first kappa shape index (κ1) is 39.2. The van der Waals surface area contributed by atoms with Gasteiger partial charge in [-0.2, -0.15) is 0 Å². The summed E-state index contributed by atoms with van der Waals surface area (Å²) in [5.74, 6) is 2.14. The summed E-state index contributed by atoms with van der Waals surface area (Å²) in [6, 6.07) is 16.4. The van der Waals surface area contributed by atoms with Gasteiger partial charge in [-0.15, -0.1) is 0 Å². The number of rotatable bonds is 6. The lowest BCUT2D eigenvalue weighted by atomic mass is 10.0. The third-order valence-electron chi connectivity index (χ3n) is 10.4. The molecule has 2 unspecified atom stereocenters. The fraction of sp³-hybridized carbons (Fsp3) is 0.625. The van der Waals surface area contributed by atoms with Crippen LogP contribution in [0.5, 0.6) is 0 Å². The van der Waals surface area contributed by atoms with Gasteiger partial charge in [-0.05, 0) is 126 Å². The van der Waals surface area contributed by atoms with Gasteiger partial charge >= 0.3 is 12.2 Å². The van der Waals surface area contributed by atoms with E-state index in [0.717, 1.165) is 69.0 Å². The van der Waals surface area contributed by atoms with E-state index in [1.54, 1.807) is 6.92 Å². The van der Waals surface area contributed by atoms with Crippen LogP contribution >= 0.6 is 23.2 Å². The minimum Gasteiger partial charge on any atom is -0.444 e. The van der Waals surface area contributed by atoms with Crippen LogP contribution in [0.25, 0.3) is 0 Å². The molecule has 1 N–H and O–H groups in total. The highest BCUT2D eigenvalue weighted by atomic mass is 35.5. The van der Waals surface area contributed by atoms with Crippen LogP contribution < -0.4 is 5.32 Å². The molecule has 0 spiro atoms. The maximum absolute atomic E-state index is 12.3. The lowest BCUT2D eigenvalue weighted by Gasteiger charge is -2.30. The summed E-state index contributed by atoms with van der Waals surface area (Å²) in [6.45, 7) is 17.6. The van der Waals surface area contributed by atoms with Gasteiger partial charge in [0, 0.05) is 68.3 Å². The van der Waals surface area contributed by atoms with Crippen molar-refractivity contribution in [3.05, 3.63) is 69.7 Å². The van der Waals surface area contributed by atoms with Gasteiger partial charge in [-0.25, -0.2) is 9.59 Å². The Morgan fingerprint density at radius 3 is 1.59 bits per heavy atom. The molecule has 2 aromatic rings. The Morgan fingerprint density at radius 2 is 1.16 bits per heavy atom. The van der Waals surface area contributed by atoms with Gasteiger partial charge in [0.05, 0.1) is 0 Å². The summed E-state index contributed by atoms with van der Waals surface area (Å²) in [5.41, 5.74) is 1.37. The molecule has 11 heteroatoms. The maximum atomic E-state index is 12.3. The maximum Gasteiger partial charge on any atom is 0.410 e. The summed E-state index contributed by atoms with van der Waals surface area (Å²) in [4.78, 5) is 42.5. The Morgan fingerprint density at radius 1 is 0.725 bits per heavy atom. The minimum atomic E-state index is -0.473. The van der Waals surface area contributed by atoms with Crippen molar-refractivity contribution in [2.75, 3.05) is 26.2 Å². The van der Waals surface area contributed by atoms with Crippen molar-refractivity contribution in [1.29, 1.82) is 0 Å². The molecule has 2 saturated heterocycles. The third-order valence-corrected chi connectivity index (χ3v) is 10.8. The van der Waals surface area contributed by atoms with Crippen molar-refractivity contribution in [1.82, 2.24) is 20.0 Å². The van der Waals surface area contributed by atoms with E-state index in [0.29, 0.717) is 41.3 Å². The van der Waals surface area contributed by atoms with E-state index in [1.807, 2.05) is 98.7 Å². The van der Waals surface area contributed by atoms with Gasteiger partial charge in [-0.3, -0.25) is 4.79 Å². The first-order chi connectivity index (χ1) is 23.9. The highest BCUT2D eigenvalue weighted by Crippen LogP contribution is 2.41. The summed E-state index contributed by atoms with van der Waals surface area (Å²) in [5, 5.41) is 5.11. The Bertz CT molecular complexity index is 1510. The Hall–Kier alpha value is -3.01. The van der Waals surface area contributed by atoms with Crippen LogP contribution in [0.3, 0.4) is 0 Å². The average Bonchev–Trinajstić information content (AvgIpc) is 3.77. The molecule has 6 rings (SSSR count). The first-order valence-electron chi connectivity index (χ1n) is 18.4. The molecule has 51 heavy (non-hydrogen) atoms. The molecule has 2 aliphatic carbocycles. The zero-order valence-corrected chi connectivity index (χ0v) is 32.8. The van der Waals surface area contributed by atoms with Crippen LogP contribution in [-0.4, -0.2) is 82.3 Å². The molecule has 4 fully saturated rings. The SMILES string of the molecule is CC(=O)N(Cc1cccc(Cl)c1)C1C[C@@H]2CN(C(=O)OC(C)(C)C)C[C@@H]2C1.CC(C)(C)OC(=O)N1C[C@H]2CC(NCc3cccc(Cl)c3)C[C@H]2C1. The van der Waals surface area contributed by atoms with Crippen LogP contribution in [0.2, 0.25) is 10.0 Å². The van der Waals surface area contributed by atoms with Crippen molar-refractivity contribution >= 4 is 41.3 Å². The van der Waals surface area contributed by atoms with E-state index < -0.39 is 11.2 Å². The topological polar surface area (TPSA) is 91.4 Å². The molecule has 2 saturated carbocycles. The molecule has 280 valence electrons. The normalized spacial score (nSPS) is 25.5. The Balaban J connectivity index is 0.000000199. The summed E-state index contributed by atoms with van der Waals surface area (Å²) >= 11 is 12.1. The van der Waals surface area contributed by atoms with Gasteiger partial charge in [0.15, 0.2) is 0 Å². The Labute approximate surface area is 314 Å². The zero-order valence-electron chi connectivity index (χ0n) is 31.3. The minimum absolute atomic E-state index is 0.0870. The number of hydrogen-bond acceptors (Lipinski definition) is 6. The highest BCUT2D eigenvalue weighted by Gasteiger charge is 2.46. The van der Waals surface area contributed by atoms with Crippen LogP contribution in [0.4, 0.5) is 9.59 Å². The van der Waals surface area contributed by atoms with Gasteiger partial charge in [0.2, 0.25) is 5.91 Å². The van der Waals surface area contributed by atoms with Crippen molar-refractivity contribution in [3.63, 3.8) is 0 Å². The summed E-state index contributed by atoms with van der Waals surface area (Å²) in [7, 11) is 0. The first-order valence-corrected chi connectivity index (χ1v) is 19.1. The van der Waals surface area contributed by atoms with E-state index in [9.17, 15) is 14.4 Å². The van der Waals surface area contributed by atoms with E-state index in [4.69, 9.17) is 32.7 Å². The van der Waals surface area contributed by atoms with Crippen molar-refractivity contribution in [3.8, 4) is 0 Å². The van der Waals surface area contributed by atoms with Crippen molar-refractivity contribution in [2.24, 2.45) is 23.7 Å². The van der Waals surface area contributed by atoms with Crippen LogP contribution in [0, 0.1) is 23.7 Å². The zero-order chi connectivity index (χ0) is 37.1. The smallest absolute Gasteiger partial charge is 0.410 e. The van der Waals surface area contributed by atoms with E-state index in [-0.39, 0.29) is 24.1 Å². The number of ether oxygens (including phenoxy) is 2. The number of carbonyl (C=O) groups is 3. The standard InChI is InChI=1S/C21H29ClN2O3.C19H27ClN2O2/c1-14(25)24(11-15-6-5-7-18(22)8-15)19-9-16-12-23(13-17(16)10-19)20(26)27-21(2,3)4;1-19(2,3)24-18(23)22-11-14-8-17(9-15(14)12-22)21-10-13-5-4-6-16(20)7-13/h5-8,16-17,19H,9-13H2,1-4H3;4-7,14-15,17,21H,8-12H2,1-3H3/t16-,17+,19?;14-,15+,17?. The molecule has 3 amide bonds. The quantitative estimate of drug-likeness (QED) is 0.320. The molecule has 2 aliphatic heterocycles. The molecule has 0 radical (unpaired) electrons. The second kappa shape index (κ2) is 16.3. The van der Waals surface area contributed by atoms with Crippen molar-refractivity contribution in [2.45, 2.75) is 111 Å². The lowest BCUT2D eigenvalue weighted by molar-refractivity contribution is -0.131. The number of amides is 3. The predicted octanol–water partition coefficient (Wildman–Crippen LogP) is 8.41. The van der Waals surface area contributed by atoms with Gasteiger partial charge in [-0.1, -0.05) is 47.5 Å². The van der Waals surface area contributed by atoms with E-state index in [2.05, 4.69) is 11.4 Å². The molecular formula is C40H56Cl2N4O5. The van der Waals surface area contributed by atoms with Crippen LogP contribution in [0.15, 0.2) is 48.5 Å². The predicted molar refractivity (Wildman–Crippen MR) is 202 cm³/mol. The average molecular weight is 744 g/mol. The van der Waals surface area contributed by atoms with Crippen LogP contribution in [0.1, 0.15) is 85.3 Å². The number of nitrogens with one attached hydrogen (secondary N) is 1. The van der Waals surface area contributed by atoms with Crippen molar-refractivity contribution < 1.29 is 23.9 Å². The highest BCUT2D eigenvalue weighted by molar-refractivity contribution is 6.30. The second-order valence-corrected chi connectivity index (χ2v) is 17.8. The molecule has 2 aromatic carbocycles. The Kier molecular flexibility index (Phi) is 12.6. The number of halogens is 2. The summed E-state index contributed by atoms with van der Waals surface area (Å²) < 4.78 is 11.0. The lowest BCUT2D eigenvalue weighted by Crippen LogP contribution is -2.39. The number of carbonyl (C=O) groups excluding carboxylic acids is 3. The second-order valence-electron chi connectivity index (χ2n) is 16.9. The number of hydrogen-bond donors (Lipinski definition) is 1. The number of fused-ring (bicyclic) bond motifs is 2. The van der Waals surface area contributed by atoms with Gasteiger partial charge in [0.1, 0.15) is 11.2 Å². The fourth-order valence-electron chi connectivity index (χ4n) is 8.18. The largest absolute Gasteiger partial charge is 0.444 e. The summed E-state index contributed by atoms with van der Waals surface area (Å²) in [6.07, 6.45) is 3.74. The number of benzene rings is 2.